The van der Waals surface area contributed by atoms with Crippen LogP contribution in [-0.2, 0) is 4.79 Å². The predicted molar refractivity (Wildman–Crippen MR) is 77.8 cm³/mol. The van der Waals surface area contributed by atoms with Gasteiger partial charge >= 0.3 is 0 Å². The minimum absolute atomic E-state index is 0.198. The minimum atomic E-state index is -0.302. The first-order chi connectivity index (χ1) is 9.34. The summed E-state index contributed by atoms with van der Waals surface area (Å²) in [7, 11) is 0. The molecule has 0 radical (unpaired) electrons. The van der Waals surface area contributed by atoms with Gasteiger partial charge in [-0.15, -0.1) is 11.8 Å². The van der Waals surface area contributed by atoms with Crippen LogP contribution in [0.15, 0.2) is 40.8 Å². The zero-order chi connectivity index (χ0) is 13.1. The van der Waals surface area contributed by atoms with Gasteiger partial charge in [-0.3, -0.25) is 4.79 Å². The number of carbonyl (C=O) groups is 1. The fourth-order valence-corrected chi connectivity index (χ4v) is 3.58. The lowest BCUT2D eigenvalue weighted by atomic mass is 10.0. The van der Waals surface area contributed by atoms with E-state index < -0.39 is 0 Å². The molecule has 1 aromatic rings. The Morgan fingerprint density at radius 3 is 3.05 bits per heavy atom. The van der Waals surface area contributed by atoms with Gasteiger partial charge in [0.2, 0.25) is 0 Å². The first-order valence-corrected chi connectivity index (χ1v) is 7.95. The summed E-state index contributed by atoms with van der Waals surface area (Å²) in [6.45, 7) is 0. The van der Waals surface area contributed by atoms with Gasteiger partial charge in [-0.05, 0) is 43.4 Å². The van der Waals surface area contributed by atoms with Gasteiger partial charge in [-0.25, -0.2) is 0 Å². The molecule has 0 bridgehead atoms. The fourth-order valence-electron chi connectivity index (χ4n) is 2.59. The molecule has 1 aliphatic heterocycles. The second kappa shape index (κ2) is 5.83. The average molecular weight is 274 g/mol. The van der Waals surface area contributed by atoms with Crippen LogP contribution in [0.5, 0.6) is 5.75 Å². The number of allylic oxidation sites excluding steroid dienone is 1. The van der Waals surface area contributed by atoms with Crippen LogP contribution in [0.25, 0.3) is 0 Å². The topological polar surface area (TPSA) is 26.3 Å². The van der Waals surface area contributed by atoms with E-state index in [1.165, 1.54) is 12.8 Å². The van der Waals surface area contributed by atoms with Crippen molar-refractivity contribution in [3.8, 4) is 5.75 Å². The van der Waals surface area contributed by atoms with Crippen LogP contribution in [0.3, 0.4) is 0 Å². The van der Waals surface area contributed by atoms with Crippen molar-refractivity contribution in [3.05, 3.63) is 35.9 Å². The first kappa shape index (κ1) is 12.8. The summed E-state index contributed by atoms with van der Waals surface area (Å²) in [5, 5.41) is 0. The normalized spacial score (nSPS) is 22.7. The van der Waals surface area contributed by atoms with Gasteiger partial charge in [0.1, 0.15) is 5.75 Å². The molecule has 100 valence electrons. The van der Waals surface area contributed by atoms with E-state index in [0.717, 1.165) is 41.2 Å². The molecule has 2 aliphatic rings. The maximum Gasteiger partial charge on any atom is 0.199 e. The summed E-state index contributed by atoms with van der Waals surface area (Å²) in [4.78, 5) is 13.6. The van der Waals surface area contributed by atoms with E-state index in [0.29, 0.717) is 0 Å². The monoisotopic (exact) mass is 274 g/mol. The van der Waals surface area contributed by atoms with E-state index >= 15 is 0 Å². The maximum atomic E-state index is 12.5. The van der Waals surface area contributed by atoms with E-state index in [2.05, 4.69) is 6.08 Å². The Morgan fingerprint density at radius 2 is 2.11 bits per heavy atom. The van der Waals surface area contributed by atoms with Crippen molar-refractivity contribution in [3.63, 3.8) is 0 Å². The van der Waals surface area contributed by atoms with Gasteiger partial charge in [0.15, 0.2) is 11.9 Å². The lowest BCUT2D eigenvalue weighted by Crippen LogP contribution is -2.33. The Bertz CT molecular complexity index is 507. The SMILES string of the molecule is O=C(C1=CCCCCC1)C1CSc2ccccc2O1. The van der Waals surface area contributed by atoms with Crippen LogP contribution >= 0.6 is 11.8 Å². The molecule has 0 N–H and O–H groups in total. The highest BCUT2D eigenvalue weighted by Crippen LogP contribution is 2.36. The van der Waals surface area contributed by atoms with Crippen molar-refractivity contribution >= 4 is 17.5 Å². The van der Waals surface area contributed by atoms with Gasteiger partial charge in [-0.1, -0.05) is 24.6 Å². The van der Waals surface area contributed by atoms with Crippen molar-refractivity contribution in [2.45, 2.75) is 43.1 Å². The molecule has 1 atom stereocenters. The van der Waals surface area contributed by atoms with Crippen LogP contribution < -0.4 is 4.74 Å². The number of hydrogen-bond acceptors (Lipinski definition) is 3. The molecule has 19 heavy (non-hydrogen) atoms. The number of Topliss-reactive ketones (excluding diaryl/α,β-unsaturated/α-hetero) is 1. The van der Waals surface area contributed by atoms with Crippen molar-refractivity contribution in [2.24, 2.45) is 0 Å². The van der Waals surface area contributed by atoms with E-state index in [1.54, 1.807) is 11.8 Å². The molecule has 0 aromatic heterocycles. The molecule has 1 aliphatic carbocycles. The summed E-state index contributed by atoms with van der Waals surface area (Å²) < 4.78 is 5.88. The van der Waals surface area contributed by atoms with Crippen LogP contribution in [0.1, 0.15) is 32.1 Å². The molecule has 3 heteroatoms. The van der Waals surface area contributed by atoms with Crippen molar-refractivity contribution < 1.29 is 9.53 Å². The molecule has 0 amide bonds. The van der Waals surface area contributed by atoms with E-state index in [-0.39, 0.29) is 11.9 Å². The van der Waals surface area contributed by atoms with Gasteiger partial charge in [0.05, 0.1) is 0 Å². The molecule has 2 nitrogen and oxygen atoms in total. The van der Waals surface area contributed by atoms with Gasteiger partial charge in [0, 0.05) is 10.6 Å². The lowest BCUT2D eigenvalue weighted by Gasteiger charge is -2.25. The van der Waals surface area contributed by atoms with Crippen LogP contribution in [0.2, 0.25) is 0 Å². The van der Waals surface area contributed by atoms with E-state index in [4.69, 9.17) is 4.74 Å². The van der Waals surface area contributed by atoms with Crippen molar-refractivity contribution in [2.75, 3.05) is 5.75 Å². The summed E-state index contributed by atoms with van der Waals surface area (Å²) in [6, 6.07) is 7.96. The highest BCUT2D eigenvalue weighted by atomic mass is 32.2. The predicted octanol–water partition coefficient (Wildman–Crippen LogP) is 4.00. The Kier molecular flexibility index (Phi) is 3.92. The number of hydrogen-bond donors (Lipinski definition) is 0. The summed E-state index contributed by atoms with van der Waals surface area (Å²) >= 11 is 1.72. The van der Waals surface area contributed by atoms with Gasteiger partial charge in [0.25, 0.3) is 0 Å². The molecule has 0 fully saturated rings. The zero-order valence-electron chi connectivity index (χ0n) is 10.9. The van der Waals surface area contributed by atoms with Crippen LogP contribution in [-0.4, -0.2) is 17.6 Å². The molecule has 0 saturated heterocycles. The first-order valence-electron chi connectivity index (χ1n) is 6.96. The standard InChI is InChI=1S/C16H18O2S/c17-16(12-7-3-1-2-4-8-12)14-11-19-15-10-6-5-9-13(15)18-14/h5-7,9-10,14H,1-4,8,11H2. The zero-order valence-corrected chi connectivity index (χ0v) is 11.7. The van der Waals surface area contributed by atoms with Crippen molar-refractivity contribution in [1.82, 2.24) is 0 Å². The summed E-state index contributed by atoms with van der Waals surface area (Å²) in [5.74, 6) is 1.78. The molecule has 3 rings (SSSR count). The lowest BCUT2D eigenvalue weighted by molar-refractivity contribution is -0.121. The summed E-state index contributed by atoms with van der Waals surface area (Å²) in [6.07, 6.45) is 7.36. The van der Waals surface area contributed by atoms with Crippen molar-refractivity contribution in [1.29, 1.82) is 0 Å². The van der Waals surface area contributed by atoms with E-state index in [1.807, 2.05) is 24.3 Å². The highest BCUT2D eigenvalue weighted by molar-refractivity contribution is 7.99. The number of para-hydroxylation sites is 1. The van der Waals surface area contributed by atoms with Gasteiger partial charge < -0.3 is 4.74 Å². The third-order valence-electron chi connectivity index (χ3n) is 3.66. The molecule has 0 spiro atoms. The number of ether oxygens (including phenoxy) is 1. The highest BCUT2D eigenvalue weighted by Gasteiger charge is 2.28. The average Bonchev–Trinajstić information content (AvgIpc) is 2.75. The van der Waals surface area contributed by atoms with E-state index in [9.17, 15) is 4.79 Å². The Hall–Kier alpha value is -1.22. The Balaban J connectivity index is 1.74. The number of benzene rings is 1. The van der Waals surface area contributed by atoms with Crippen LogP contribution in [0.4, 0.5) is 0 Å². The molecule has 0 saturated carbocycles. The largest absolute Gasteiger partial charge is 0.480 e. The Morgan fingerprint density at radius 1 is 1.21 bits per heavy atom. The molecular formula is C16H18O2S. The maximum absolute atomic E-state index is 12.5. The third-order valence-corrected chi connectivity index (χ3v) is 4.78. The third kappa shape index (κ3) is 2.86. The molecule has 1 unspecified atom stereocenters. The number of ketones is 1. The second-order valence-electron chi connectivity index (χ2n) is 5.06. The molecular weight excluding hydrogens is 256 g/mol. The number of rotatable bonds is 2. The summed E-state index contributed by atoms with van der Waals surface area (Å²) in [5.41, 5.74) is 0.988. The molecule has 1 aromatic carbocycles. The number of carbonyl (C=O) groups excluding carboxylic acids is 1. The number of fused-ring (bicyclic) bond motifs is 1. The quantitative estimate of drug-likeness (QED) is 0.815. The Labute approximate surface area is 118 Å². The fraction of sp³-hybridized carbons (Fsp3) is 0.438. The molecule has 1 heterocycles. The smallest absolute Gasteiger partial charge is 0.199 e. The number of thioether (sulfide) groups is 1. The minimum Gasteiger partial charge on any atom is -0.480 e. The van der Waals surface area contributed by atoms with Gasteiger partial charge in [-0.2, -0.15) is 0 Å². The van der Waals surface area contributed by atoms with Crippen LogP contribution in [0, 0.1) is 0 Å². The second-order valence-corrected chi connectivity index (χ2v) is 6.12.